The van der Waals surface area contributed by atoms with Crippen molar-refractivity contribution in [2.24, 2.45) is 0 Å². The van der Waals surface area contributed by atoms with E-state index in [0.29, 0.717) is 35.3 Å². The van der Waals surface area contributed by atoms with Crippen LogP contribution in [-0.2, 0) is 6.54 Å². The number of hydrogen-bond donors (Lipinski definition) is 2. The number of aromatic nitrogens is 2. The van der Waals surface area contributed by atoms with Crippen LogP contribution in [0, 0.1) is 0 Å². The third-order valence-corrected chi connectivity index (χ3v) is 3.55. The first kappa shape index (κ1) is 15.0. The summed E-state index contributed by atoms with van der Waals surface area (Å²) in [6.07, 6.45) is 4.47. The van der Waals surface area contributed by atoms with Gasteiger partial charge in [-0.2, -0.15) is 0 Å². The third-order valence-electron chi connectivity index (χ3n) is 3.55. The Labute approximate surface area is 142 Å². The van der Waals surface area contributed by atoms with E-state index in [-0.39, 0.29) is 12.7 Å². The fraction of sp³-hybridized carbons (Fsp3) is 0.118. The first-order valence-corrected chi connectivity index (χ1v) is 7.57. The van der Waals surface area contributed by atoms with Gasteiger partial charge in [0.1, 0.15) is 5.76 Å². The predicted molar refractivity (Wildman–Crippen MR) is 87.8 cm³/mol. The minimum atomic E-state index is -0.272. The van der Waals surface area contributed by atoms with E-state index in [2.05, 4.69) is 20.6 Å². The van der Waals surface area contributed by atoms with Gasteiger partial charge in [-0.05, 0) is 24.3 Å². The maximum atomic E-state index is 12.1. The number of amides is 1. The molecule has 0 fully saturated rings. The lowest BCUT2D eigenvalue weighted by molar-refractivity contribution is 0.0947. The summed E-state index contributed by atoms with van der Waals surface area (Å²) in [5, 5.41) is 5.78. The van der Waals surface area contributed by atoms with Crippen molar-refractivity contribution >= 4 is 17.5 Å². The van der Waals surface area contributed by atoms with Gasteiger partial charge in [-0.25, -0.2) is 9.97 Å². The van der Waals surface area contributed by atoms with Crippen molar-refractivity contribution in [3.05, 3.63) is 60.3 Å². The number of benzene rings is 1. The molecule has 0 radical (unpaired) electrons. The average Bonchev–Trinajstić information content (AvgIpc) is 3.31. The number of carbonyl (C=O) groups is 1. The minimum absolute atomic E-state index is 0.219. The van der Waals surface area contributed by atoms with Crippen molar-refractivity contribution < 1.29 is 18.7 Å². The van der Waals surface area contributed by atoms with Crippen LogP contribution in [0.4, 0.5) is 11.6 Å². The normalized spacial score (nSPS) is 12.0. The molecule has 2 N–H and O–H groups in total. The quantitative estimate of drug-likeness (QED) is 0.737. The number of hydrogen-bond acceptors (Lipinski definition) is 7. The second kappa shape index (κ2) is 6.52. The topological polar surface area (TPSA) is 98.5 Å². The van der Waals surface area contributed by atoms with Gasteiger partial charge in [-0.1, -0.05) is 0 Å². The molecule has 1 aromatic carbocycles. The lowest BCUT2D eigenvalue weighted by Gasteiger charge is -2.07. The molecule has 0 atom stereocenters. The second-order valence-electron chi connectivity index (χ2n) is 5.25. The molecule has 25 heavy (non-hydrogen) atoms. The maximum absolute atomic E-state index is 12.1. The fourth-order valence-corrected chi connectivity index (χ4v) is 2.30. The summed E-state index contributed by atoms with van der Waals surface area (Å²) in [6.45, 7) is 0.528. The van der Waals surface area contributed by atoms with Gasteiger partial charge >= 0.3 is 0 Å². The highest BCUT2D eigenvalue weighted by Gasteiger charge is 2.14. The Morgan fingerprint density at radius 3 is 2.76 bits per heavy atom. The van der Waals surface area contributed by atoms with Crippen LogP contribution in [0.2, 0.25) is 0 Å². The smallest absolute Gasteiger partial charge is 0.254 e. The summed E-state index contributed by atoms with van der Waals surface area (Å²) in [7, 11) is 0. The number of nitrogens with one attached hydrogen (secondary N) is 2. The highest BCUT2D eigenvalue weighted by molar-refractivity contribution is 5.93. The summed E-state index contributed by atoms with van der Waals surface area (Å²) < 4.78 is 15.7. The van der Waals surface area contributed by atoms with Gasteiger partial charge < -0.3 is 24.5 Å². The Morgan fingerprint density at radius 1 is 1.12 bits per heavy atom. The van der Waals surface area contributed by atoms with Gasteiger partial charge in [0.2, 0.25) is 12.7 Å². The summed E-state index contributed by atoms with van der Waals surface area (Å²) >= 11 is 0. The average molecular weight is 338 g/mol. The molecule has 0 spiro atoms. The summed E-state index contributed by atoms with van der Waals surface area (Å²) in [6, 6.07) is 8.99. The maximum Gasteiger partial charge on any atom is 0.254 e. The van der Waals surface area contributed by atoms with Crippen LogP contribution in [0.3, 0.4) is 0 Å². The van der Waals surface area contributed by atoms with E-state index in [0.717, 1.165) is 5.69 Å². The van der Waals surface area contributed by atoms with Crippen LogP contribution in [0.5, 0.6) is 11.5 Å². The van der Waals surface area contributed by atoms with E-state index in [1.807, 2.05) is 6.07 Å². The second-order valence-corrected chi connectivity index (χ2v) is 5.25. The lowest BCUT2D eigenvalue weighted by Crippen LogP contribution is -2.22. The van der Waals surface area contributed by atoms with Crippen molar-refractivity contribution in [3.63, 3.8) is 0 Å². The van der Waals surface area contributed by atoms with E-state index >= 15 is 0 Å². The summed E-state index contributed by atoms with van der Waals surface area (Å²) in [5.74, 6) is 2.15. The molecule has 0 bridgehead atoms. The molecule has 3 heterocycles. The van der Waals surface area contributed by atoms with Gasteiger partial charge in [0.25, 0.3) is 5.91 Å². The molecule has 1 aliphatic rings. The first-order valence-electron chi connectivity index (χ1n) is 7.57. The molecule has 3 aromatic rings. The molecule has 0 aliphatic carbocycles. The SMILES string of the molecule is O=C(NCc1ccco1)c1cnc(Nc2ccc3c(c2)OCO3)nc1. The molecule has 0 unspecified atom stereocenters. The number of nitrogens with zero attached hydrogens (tertiary/aromatic N) is 2. The zero-order valence-electron chi connectivity index (χ0n) is 13.1. The predicted octanol–water partition coefficient (Wildman–Crippen LogP) is 2.47. The van der Waals surface area contributed by atoms with Gasteiger partial charge in [0, 0.05) is 24.1 Å². The van der Waals surface area contributed by atoms with Crippen molar-refractivity contribution in [2.45, 2.75) is 6.54 Å². The van der Waals surface area contributed by atoms with Gasteiger partial charge in [-0.3, -0.25) is 4.79 Å². The number of furan rings is 1. The lowest BCUT2D eigenvalue weighted by atomic mass is 10.3. The van der Waals surface area contributed by atoms with Crippen LogP contribution in [0.15, 0.2) is 53.4 Å². The van der Waals surface area contributed by atoms with Crippen molar-refractivity contribution in [1.29, 1.82) is 0 Å². The minimum Gasteiger partial charge on any atom is -0.467 e. The largest absolute Gasteiger partial charge is 0.467 e. The molecule has 0 saturated heterocycles. The van der Waals surface area contributed by atoms with Crippen molar-refractivity contribution in [1.82, 2.24) is 15.3 Å². The molecule has 8 nitrogen and oxygen atoms in total. The Hall–Kier alpha value is -3.55. The molecule has 1 amide bonds. The molecular formula is C17H14N4O4. The molecule has 126 valence electrons. The van der Waals surface area contributed by atoms with Gasteiger partial charge in [-0.15, -0.1) is 0 Å². The summed E-state index contributed by atoms with van der Waals surface area (Å²) in [5.41, 5.74) is 1.13. The van der Waals surface area contributed by atoms with Crippen molar-refractivity contribution in [2.75, 3.05) is 12.1 Å². The highest BCUT2D eigenvalue weighted by Crippen LogP contribution is 2.34. The Balaban J connectivity index is 1.39. The Kier molecular flexibility index (Phi) is 3.91. The van der Waals surface area contributed by atoms with E-state index in [4.69, 9.17) is 13.9 Å². The standard InChI is InChI=1S/C17H14N4O4/c22-16(18-9-13-2-1-5-23-13)11-7-19-17(20-8-11)21-12-3-4-14-15(6-12)25-10-24-14/h1-8H,9-10H2,(H,18,22)(H,19,20,21). The van der Waals surface area contributed by atoms with E-state index in [9.17, 15) is 4.79 Å². The number of carbonyl (C=O) groups excluding carboxylic acids is 1. The van der Waals surface area contributed by atoms with E-state index in [1.54, 1.807) is 30.5 Å². The van der Waals surface area contributed by atoms with Gasteiger partial charge in [0.15, 0.2) is 11.5 Å². The molecule has 8 heteroatoms. The number of anilines is 2. The number of rotatable bonds is 5. The van der Waals surface area contributed by atoms with Crippen LogP contribution in [0.1, 0.15) is 16.1 Å². The van der Waals surface area contributed by atoms with Crippen LogP contribution in [0.25, 0.3) is 0 Å². The number of ether oxygens (including phenoxy) is 2. The zero-order chi connectivity index (χ0) is 17.1. The van der Waals surface area contributed by atoms with E-state index in [1.165, 1.54) is 12.4 Å². The molecular weight excluding hydrogens is 324 g/mol. The van der Waals surface area contributed by atoms with Crippen LogP contribution < -0.4 is 20.1 Å². The van der Waals surface area contributed by atoms with E-state index < -0.39 is 0 Å². The summed E-state index contributed by atoms with van der Waals surface area (Å²) in [4.78, 5) is 20.4. The zero-order valence-corrected chi connectivity index (χ0v) is 13.1. The van der Waals surface area contributed by atoms with Crippen LogP contribution in [-0.4, -0.2) is 22.7 Å². The molecule has 0 saturated carbocycles. The Bertz CT molecular complexity index is 878. The number of fused-ring (bicyclic) bond motifs is 1. The Morgan fingerprint density at radius 2 is 1.96 bits per heavy atom. The first-order chi connectivity index (χ1) is 12.3. The highest BCUT2D eigenvalue weighted by atomic mass is 16.7. The van der Waals surface area contributed by atoms with Gasteiger partial charge in [0.05, 0.1) is 18.4 Å². The molecule has 2 aromatic heterocycles. The fourth-order valence-electron chi connectivity index (χ4n) is 2.30. The molecule has 4 rings (SSSR count). The van der Waals surface area contributed by atoms with Crippen molar-refractivity contribution in [3.8, 4) is 11.5 Å². The third kappa shape index (κ3) is 3.37. The monoisotopic (exact) mass is 338 g/mol. The van der Waals surface area contributed by atoms with Crippen LogP contribution >= 0.6 is 0 Å². The molecule has 1 aliphatic heterocycles.